The Morgan fingerprint density at radius 3 is 1.25 bits per heavy atom. The van der Waals surface area contributed by atoms with E-state index >= 15 is 0 Å². The highest BCUT2D eigenvalue weighted by Gasteiger charge is 2.42. The first kappa shape index (κ1) is 59.4. The van der Waals surface area contributed by atoms with Crippen LogP contribution < -0.4 is 21.3 Å². The normalized spacial score (nSPS) is 17.6. The van der Waals surface area contributed by atoms with Crippen LogP contribution in [0.4, 0.5) is 0 Å². The second kappa shape index (κ2) is 27.5. The number of benzene rings is 4. The molecule has 2 saturated heterocycles. The van der Waals surface area contributed by atoms with E-state index in [1.165, 1.54) is 0 Å². The van der Waals surface area contributed by atoms with Gasteiger partial charge in [-0.25, -0.2) is 0 Å². The Hall–Kier alpha value is -5.86. The highest BCUT2D eigenvalue weighted by atomic mass is 16.2. The molecule has 4 aromatic carbocycles. The van der Waals surface area contributed by atoms with E-state index in [9.17, 15) is 28.8 Å². The van der Waals surface area contributed by atoms with Crippen LogP contribution in [0.1, 0.15) is 144 Å². The molecule has 4 N–H and O–H groups in total. The van der Waals surface area contributed by atoms with Crippen LogP contribution in [-0.2, 0) is 41.9 Å². The zero-order valence-corrected chi connectivity index (χ0v) is 47.5. The summed E-state index contributed by atoms with van der Waals surface area (Å²) in [6.45, 7) is 18.3. The predicted octanol–water partition coefficient (Wildman–Crippen LogP) is 8.73. The van der Waals surface area contributed by atoms with Crippen molar-refractivity contribution >= 4 is 57.0 Å². The summed E-state index contributed by atoms with van der Waals surface area (Å²) in [6, 6.07) is 26.2. The van der Waals surface area contributed by atoms with E-state index in [-0.39, 0.29) is 47.5 Å². The summed E-state index contributed by atoms with van der Waals surface area (Å²) in [6.07, 6.45) is 9.14. The van der Waals surface area contributed by atoms with Crippen LogP contribution >= 0.6 is 0 Å². The number of hydrogen-bond donors (Lipinski definition) is 4. The lowest BCUT2D eigenvalue weighted by atomic mass is 9.85. The van der Waals surface area contributed by atoms with Crippen LogP contribution in [0, 0.1) is 10.8 Å². The van der Waals surface area contributed by atoms with Gasteiger partial charge in [-0.2, -0.15) is 0 Å². The van der Waals surface area contributed by atoms with Crippen molar-refractivity contribution < 1.29 is 28.8 Å². The van der Waals surface area contributed by atoms with E-state index in [0.29, 0.717) is 52.1 Å². The first-order chi connectivity index (χ1) is 36.2. The molecule has 0 unspecified atom stereocenters. The molecule has 0 aliphatic carbocycles. The Labute approximate surface area is 453 Å². The topological polar surface area (TPSA) is 163 Å². The Morgan fingerprint density at radius 1 is 0.526 bits per heavy atom. The molecule has 14 nitrogen and oxygen atoms in total. The van der Waals surface area contributed by atoms with Crippen molar-refractivity contribution in [3.63, 3.8) is 0 Å². The minimum Gasteiger partial charge on any atom is -0.342 e. The molecule has 2 aliphatic heterocycles. The van der Waals surface area contributed by atoms with Gasteiger partial charge < -0.3 is 40.9 Å². The van der Waals surface area contributed by atoms with Crippen molar-refractivity contribution in [2.24, 2.45) is 10.8 Å². The standard InChI is InChI=1S/C62H90N8O6/c1-43(63-9)57(73)65-55(61(3,4)5)59(75)69-37-23-31-49(69)41-67(39-47-29-21-27-45-25-17-19-33-51(45)47)53(71)35-15-13-11-12-14-16-36-54(72)68(40-48-30-22-28-46-26-18-20-34-52(46)48)42-50-32-24-38-70(50)60(76)56(62(6,7)8)66-58(74)44(2)64-10/h17-22,25-30,33-34,43-44,49-50,55-56,63-64H,11-16,23-24,31-32,35-42H2,1-10H3,(H,65,73)(H,66,74)/t43-,44-,49-,50+,55+,56+/m0/s1. The van der Waals surface area contributed by atoms with Gasteiger partial charge in [-0.1, -0.05) is 152 Å². The fourth-order valence-electron chi connectivity index (χ4n) is 10.9. The van der Waals surface area contributed by atoms with Crippen LogP contribution in [-0.4, -0.2) is 132 Å². The lowest BCUT2D eigenvalue weighted by Gasteiger charge is -2.37. The molecular weight excluding hydrogens is 953 g/mol. The van der Waals surface area contributed by atoms with Crippen molar-refractivity contribution in [3.05, 3.63) is 96.1 Å². The second-order valence-electron chi connectivity index (χ2n) is 23.7. The zero-order chi connectivity index (χ0) is 55.2. The van der Waals surface area contributed by atoms with Crippen molar-refractivity contribution in [3.8, 4) is 0 Å². The van der Waals surface area contributed by atoms with E-state index in [1.807, 2.05) is 97.5 Å². The number of nitrogens with zero attached hydrogens (tertiary/aromatic N) is 4. The smallest absolute Gasteiger partial charge is 0.246 e. The van der Waals surface area contributed by atoms with Gasteiger partial charge in [0.15, 0.2) is 0 Å². The average molecular weight is 1040 g/mol. The van der Waals surface area contributed by atoms with Gasteiger partial charge in [0.25, 0.3) is 0 Å². The fourth-order valence-corrected chi connectivity index (χ4v) is 10.9. The molecule has 2 heterocycles. The molecule has 0 bridgehead atoms. The van der Waals surface area contributed by atoms with Gasteiger partial charge >= 0.3 is 0 Å². The molecule has 4 aromatic rings. The summed E-state index contributed by atoms with van der Waals surface area (Å²) < 4.78 is 0. The van der Waals surface area contributed by atoms with E-state index < -0.39 is 35.0 Å². The molecule has 0 aromatic heterocycles. The number of likely N-dealkylation sites (N-methyl/N-ethyl adjacent to an activating group) is 2. The van der Waals surface area contributed by atoms with Gasteiger partial charge in [0.05, 0.1) is 12.1 Å². The van der Waals surface area contributed by atoms with Crippen molar-refractivity contribution in [2.45, 2.75) is 182 Å². The van der Waals surface area contributed by atoms with Crippen molar-refractivity contribution in [1.82, 2.24) is 40.9 Å². The molecule has 6 rings (SSSR count). The van der Waals surface area contributed by atoms with E-state index in [4.69, 9.17) is 0 Å². The number of carbonyl (C=O) groups excluding carboxylic acids is 6. The number of unbranched alkanes of at least 4 members (excludes halogenated alkanes) is 5. The van der Waals surface area contributed by atoms with Crippen molar-refractivity contribution in [1.29, 1.82) is 0 Å². The lowest BCUT2D eigenvalue weighted by Crippen LogP contribution is -2.59. The third-order valence-electron chi connectivity index (χ3n) is 15.9. The van der Waals surface area contributed by atoms with Crippen LogP contribution in [0.3, 0.4) is 0 Å². The van der Waals surface area contributed by atoms with Gasteiger partial charge in [-0.15, -0.1) is 0 Å². The molecule has 76 heavy (non-hydrogen) atoms. The molecule has 0 saturated carbocycles. The molecule has 14 heteroatoms. The van der Waals surface area contributed by atoms with E-state index in [2.05, 4.69) is 69.8 Å². The fraction of sp³-hybridized carbons (Fsp3) is 0.581. The quantitative estimate of drug-likeness (QED) is 0.0479. The Kier molecular flexibility index (Phi) is 21.5. The lowest BCUT2D eigenvalue weighted by molar-refractivity contribution is -0.142. The average Bonchev–Trinajstić information content (AvgIpc) is 4.08. The number of fused-ring (bicyclic) bond motifs is 2. The minimum absolute atomic E-state index is 0.0669. The van der Waals surface area contributed by atoms with Gasteiger partial charge in [-0.05, 0) is 110 Å². The summed E-state index contributed by atoms with van der Waals surface area (Å²) in [7, 11) is 3.45. The van der Waals surface area contributed by atoms with Crippen LogP contribution in [0.5, 0.6) is 0 Å². The highest BCUT2D eigenvalue weighted by molar-refractivity contribution is 5.92. The van der Waals surface area contributed by atoms with Gasteiger partial charge in [0.1, 0.15) is 12.1 Å². The third-order valence-corrected chi connectivity index (χ3v) is 15.9. The highest BCUT2D eigenvalue weighted by Crippen LogP contribution is 2.30. The number of amides is 6. The maximum Gasteiger partial charge on any atom is 0.246 e. The van der Waals surface area contributed by atoms with E-state index in [1.54, 1.807) is 27.9 Å². The van der Waals surface area contributed by atoms with Crippen LogP contribution in [0.25, 0.3) is 21.5 Å². The SMILES string of the molecule is CN[C@@H](C)C(=O)N[C@H](C(=O)N1CCC[C@@H]1CN(Cc1cccc2ccccc12)C(=O)CCCCCCCCC(=O)N(Cc1cccc2ccccc12)C[C@@H]1CCCN1C(=O)[C@@H](NC(=O)[C@H](C)NC)C(C)(C)C)C(C)(C)C. The third kappa shape index (κ3) is 15.9. The molecule has 2 fully saturated rings. The minimum atomic E-state index is -0.715. The predicted molar refractivity (Wildman–Crippen MR) is 305 cm³/mol. The number of likely N-dealkylation sites (tertiary alicyclic amines) is 2. The van der Waals surface area contributed by atoms with E-state index in [0.717, 1.165) is 96.9 Å². The Balaban J connectivity index is 1.07. The summed E-state index contributed by atoms with van der Waals surface area (Å²) in [5.74, 6) is -0.527. The van der Waals surface area contributed by atoms with Gasteiger partial charge in [0.2, 0.25) is 35.4 Å². The largest absolute Gasteiger partial charge is 0.342 e. The molecule has 6 atom stereocenters. The molecule has 0 radical (unpaired) electrons. The van der Waals surface area contributed by atoms with Crippen molar-refractivity contribution in [2.75, 3.05) is 40.3 Å². The van der Waals surface area contributed by atoms with Crippen LogP contribution in [0.15, 0.2) is 84.9 Å². The van der Waals surface area contributed by atoms with Gasteiger partial charge in [0, 0.05) is 64.2 Å². The summed E-state index contributed by atoms with van der Waals surface area (Å²) in [5.41, 5.74) is 1.09. The molecule has 6 amide bonds. The molecular formula is C62H90N8O6. The van der Waals surface area contributed by atoms with Crippen LogP contribution in [0.2, 0.25) is 0 Å². The first-order valence-corrected chi connectivity index (χ1v) is 28.3. The Morgan fingerprint density at radius 2 is 0.882 bits per heavy atom. The Bertz CT molecular complexity index is 2420. The van der Waals surface area contributed by atoms with Gasteiger partial charge in [-0.3, -0.25) is 28.8 Å². The monoisotopic (exact) mass is 1040 g/mol. The second-order valence-corrected chi connectivity index (χ2v) is 23.7. The summed E-state index contributed by atoms with van der Waals surface area (Å²) in [5, 5.41) is 16.5. The maximum atomic E-state index is 14.4. The summed E-state index contributed by atoms with van der Waals surface area (Å²) >= 11 is 0. The maximum absolute atomic E-state index is 14.4. The first-order valence-electron chi connectivity index (χ1n) is 28.3. The number of carbonyl (C=O) groups is 6. The number of hydrogen-bond acceptors (Lipinski definition) is 8. The molecule has 0 spiro atoms. The summed E-state index contributed by atoms with van der Waals surface area (Å²) in [4.78, 5) is 91.4. The number of nitrogens with one attached hydrogen (secondary N) is 4. The number of rotatable bonds is 25. The molecule has 2 aliphatic rings. The zero-order valence-electron chi connectivity index (χ0n) is 47.5. The molecule has 414 valence electrons.